The van der Waals surface area contributed by atoms with Gasteiger partial charge in [0.15, 0.2) is 0 Å². The van der Waals surface area contributed by atoms with Crippen LogP contribution in [-0.4, -0.2) is 78.0 Å². The number of nitro benzene ring substituents is 1. The number of amides is 4. The zero-order valence-electron chi connectivity index (χ0n) is 19.7. The molecule has 2 aliphatic rings. The number of rotatable bonds is 6. The number of piperazine rings is 1. The van der Waals surface area contributed by atoms with Crippen molar-refractivity contribution in [3.63, 3.8) is 0 Å². The molecule has 0 aliphatic carbocycles. The van der Waals surface area contributed by atoms with E-state index in [-0.39, 0.29) is 36.8 Å². The summed E-state index contributed by atoms with van der Waals surface area (Å²) in [6.45, 7) is 3.05. The zero-order chi connectivity index (χ0) is 26.3. The van der Waals surface area contributed by atoms with E-state index in [1.165, 1.54) is 23.1 Å². The molecule has 0 bridgehead atoms. The van der Waals surface area contributed by atoms with Gasteiger partial charge in [-0.1, -0.05) is 35.9 Å². The Hall–Kier alpha value is -3.84. The van der Waals surface area contributed by atoms with Gasteiger partial charge in [-0.2, -0.15) is 4.31 Å². The van der Waals surface area contributed by atoms with E-state index in [4.69, 9.17) is 0 Å². The number of carbonyl (C=O) groups excluding carboxylic acids is 3. The first-order valence-corrected chi connectivity index (χ1v) is 12.6. The Labute approximate surface area is 207 Å². The summed E-state index contributed by atoms with van der Waals surface area (Å²) >= 11 is 0. The molecule has 4 rings (SSSR count). The molecule has 0 saturated carbocycles. The Morgan fingerprint density at radius 2 is 1.72 bits per heavy atom. The second-order valence-corrected chi connectivity index (χ2v) is 10.8. The molecule has 2 aromatic carbocycles. The van der Waals surface area contributed by atoms with Crippen LogP contribution in [0.2, 0.25) is 0 Å². The lowest BCUT2D eigenvalue weighted by Gasteiger charge is -2.34. The Morgan fingerprint density at radius 1 is 1.08 bits per heavy atom. The smallest absolute Gasteiger partial charge is 0.325 e. The van der Waals surface area contributed by atoms with E-state index in [0.717, 1.165) is 20.8 Å². The lowest BCUT2D eigenvalue weighted by atomic mass is 9.91. The van der Waals surface area contributed by atoms with Crippen LogP contribution in [0.5, 0.6) is 0 Å². The van der Waals surface area contributed by atoms with E-state index in [1.54, 1.807) is 19.1 Å². The van der Waals surface area contributed by atoms with Crippen molar-refractivity contribution < 1.29 is 27.7 Å². The predicted molar refractivity (Wildman–Crippen MR) is 127 cm³/mol. The van der Waals surface area contributed by atoms with Crippen molar-refractivity contribution in [3.05, 3.63) is 69.8 Å². The van der Waals surface area contributed by atoms with Crippen LogP contribution in [0.25, 0.3) is 0 Å². The number of nitrogens with one attached hydrogen (secondary N) is 1. The first-order chi connectivity index (χ1) is 16.9. The SMILES string of the molecule is Cc1ccc([C@]2(C)NC(=O)N(CC(=O)N3CCN(S(=O)(=O)c4cccc([N+](=O)[O-])c4)CC3)C2=O)cc1. The lowest BCUT2D eigenvalue weighted by Crippen LogP contribution is -2.53. The molecule has 2 fully saturated rings. The van der Waals surface area contributed by atoms with Crippen LogP contribution in [0.15, 0.2) is 53.4 Å². The molecule has 4 amide bonds. The topological polar surface area (TPSA) is 150 Å². The van der Waals surface area contributed by atoms with Crippen molar-refractivity contribution in [2.75, 3.05) is 32.7 Å². The Morgan fingerprint density at radius 3 is 2.33 bits per heavy atom. The van der Waals surface area contributed by atoms with Crippen LogP contribution < -0.4 is 5.32 Å². The minimum absolute atomic E-state index is 0.0298. The van der Waals surface area contributed by atoms with Gasteiger partial charge in [0.25, 0.3) is 11.6 Å². The third-order valence-electron chi connectivity index (χ3n) is 6.45. The maximum Gasteiger partial charge on any atom is 0.325 e. The molecule has 12 nitrogen and oxygen atoms in total. The minimum atomic E-state index is -3.99. The summed E-state index contributed by atoms with van der Waals surface area (Å²) in [5.41, 5.74) is -0.0360. The lowest BCUT2D eigenvalue weighted by molar-refractivity contribution is -0.385. The van der Waals surface area contributed by atoms with Gasteiger partial charge >= 0.3 is 6.03 Å². The highest BCUT2D eigenvalue weighted by Gasteiger charge is 2.49. The monoisotopic (exact) mass is 515 g/mol. The summed E-state index contributed by atoms with van der Waals surface area (Å²) in [6.07, 6.45) is 0. The number of carbonyl (C=O) groups is 3. The fourth-order valence-corrected chi connectivity index (χ4v) is 5.71. The normalized spacial score (nSPS) is 20.9. The second-order valence-electron chi connectivity index (χ2n) is 8.85. The molecule has 1 N–H and O–H groups in total. The summed E-state index contributed by atoms with van der Waals surface area (Å²) in [6, 6.07) is 11.3. The first kappa shape index (κ1) is 25.3. The van der Waals surface area contributed by atoms with Crippen molar-refractivity contribution in [2.45, 2.75) is 24.3 Å². The van der Waals surface area contributed by atoms with Gasteiger partial charge in [0.1, 0.15) is 12.1 Å². The average Bonchev–Trinajstić information content (AvgIpc) is 3.08. The maximum atomic E-state index is 13.1. The van der Waals surface area contributed by atoms with Gasteiger partial charge in [-0.3, -0.25) is 24.6 Å². The zero-order valence-corrected chi connectivity index (χ0v) is 20.5. The molecule has 1 atom stereocenters. The Bertz CT molecular complexity index is 1340. The molecule has 2 heterocycles. The summed E-state index contributed by atoms with van der Waals surface area (Å²) in [7, 11) is -3.99. The number of hydrogen-bond donors (Lipinski definition) is 1. The largest absolute Gasteiger partial charge is 0.338 e. The molecule has 2 aromatic rings. The minimum Gasteiger partial charge on any atom is -0.338 e. The van der Waals surface area contributed by atoms with E-state index in [0.29, 0.717) is 5.56 Å². The Kier molecular flexibility index (Phi) is 6.54. The number of nitrogens with zero attached hydrogens (tertiary/aromatic N) is 4. The standard InChI is InChI=1S/C23H25N5O7S/c1-16-6-8-17(9-7-16)23(2)21(30)27(22(31)24-23)15-20(29)25-10-12-26(13-11-25)36(34,35)19-5-3-4-18(14-19)28(32)33/h3-9,14H,10-13,15H2,1-2H3,(H,24,31)/t23-/m0/s1. The molecule has 0 unspecified atom stereocenters. The molecular weight excluding hydrogens is 490 g/mol. The van der Waals surface area contributed by atoms with Crippen LogP contribution in [0.3, 0.4) is 0 Å². The van der Waals surface area contributed by atoms with Gasteiger partial charge in [0.05, 0.1) is 9.82 Å². The van der Waals surface area contributed by atoms with Gasteiger partial charge in [-0.05, 0) is 25.5 Å². The molecule has 2 saturated heterocycles. The number of imide groups is 1. The summed E-state index contributed by atoms with van der Waals surface area (Å²) in [5, 5.41) is 13.7. The van der Waals surface area contributed by atoms with Crippen molar-refractivity contribution >= 4 is 33.6 Å². The molecule has 36 heavy (non-hydrogen) atoms. The van der Waals surface area contributed by atoms with E-state index < -0.39 is 44.9 Å². The molecule has 0 aromatic heterocycles. The van der Waals surface area contributed by atoms with Gasteiger partial charge in [-0.25, -0.2) is 13.2 Å². The fourth-order valence-electron chi connectivity index (χ4n) is 4.24. The predicted octanol–water partition coefficient (Wildman–Crippen LogP) is 1.20. The number of nitro groups is 1. The number of urea groups is 1. The van der Waals surface area contributed by atoms with Crippen LogP contribution in [0.4, 0.5) is 10.5 Å². The number of aryl methyl sites for hydroxylation is 1. The molecule has 13 heteroatoms. The molecule has 0 spiro atoms. The van der Waals surface area contributed by atoms with Gasteiger partial charge in [-0.15, -0.1) is 0 Å². The number of sulfonamides is 1. The van der Waals surface area contributed by atoms with E-state index in [9.17, 15) is 32.9 Å². The average molecular weight is 516 g/mol. The quantitative estimate of drug-likeness (QED) is 0.345. The van der Waals surface area contributed by atoms with Crippen molar-refractivity contribution in [2.24, 2.45) is 0 Å². The molecular formula is C23H25N5O7S. The van der Waals surface area contributed by atoms with E-state index >= 15 is 0 Å². The van der Waals surface area contributed by atoms with Gasteiger partial charge in [0, 0.05) is 38.3 Å². The highest BCUT2D eigenvalue weighted by molar-refractivity contribution is 7.89. The maximum absolute atomic E-state index is 13.1. The summed E-state index contributed by atoms with van der Waals surface area (Å²) in [4.78, 5) is 50.9. The molecule has 2 aliphatic heterocycles. The van der Waals surface area contributed by atoms with Crippen LogP contribution >= 0.6 is 0 Å². The highest BCUT2D eigenvalue weighted by Crippen LogP contribution is 2.29. The number of hydrogen-bond acceptors (Lipinski definition) is 7. The summed E-state index contributed by atoms with van der Waals surface area (Å²) < 4.78 is 27.0. The molecule has 190 valence electrons. The molecule has 0 radical (unpaired) electrons. The van der Waals surface area contributed by atoms with Crippen LogP contribution in [0, 0.1) is 17.0 Å². The second kappa shape index (κ2) is 9.32. The van der Waals surface area contributed by atoms with Gasteiger partial charge < -0.3 is 10.2 Å². The van der Waals surface area contributed by atoms with Crippen LogP contribution in [0.1, 0.15) is 18.1 Å². The first-order valence-electron chi connectivity index (χ1n) is 11.2. The highest BCUT2D eigenvalue weighted by atomic mass is 32.2. The number of benzene rings is 2. The van der Waals surface area contributed by atoms with Crippen molar-refractivity contribution in [3.8, 4) is 0 Å². The van der Waals surface area contributed by atoms with Crippen LogP contribution in [-0.2, 0) is 25.2 Å². The van der Waals surface area contributed by atoms with Crippen molar-refractivity contribution in [1.82, 2.24) is 19.4 Å². The van der Waals surface area contributed by atoms with Crippen molar-refractivity contribution in [1.29, 1.82) is 0 Å². The Balaban J connectivity index is 1.40. The third kappa shape index (κ3) is 4.54. The summed E-state index contributed by atoms with van der Waals surface area (Å²) in [5.74, 6) is -1.03. The van der Waals surface area contributed by atoms with E-state index in [2.05, 4.69) is 5.32 Å². The third-order valence-corrected chi connectivity index (χ3v) is 8.35. The number of non-ortho nitro benzene ring substituents is 1. The van der Waals surface area contributed by atoms with Gasteiger partial charge in [0.2, 0.25) is 15.9 Å². The van der Waals surface area contributed by atoms with E-state index in [1.807, 2.05) is 19.1 Å². The fraction of sp³-hybridized carbons (Fsp3) is 0.348.